The Morgan fingerprint density at radius 1 is 1.12 bits per heavy atom. The summed E-state index contributed by atoms with van der Waals surface area (Å²) in [7, 11) is 0. The number of allylic oxidation sites excluding steroid dienone is 1. The molecule has 0 amide bonds. The van der Waals surface area contributed by atoms with Crippen LogP contribution in [0.5, 0.6) is 11.6 Å². The highest BCUT2D eigenvalue weighted by molar-refractivity contribution is 6.42. The average Bonchev–Trinajstić information content (AvgIpc) is 3.42. The number of aliphatic hydroxyl groups excluding tert-OH is 1. The zero-order valence-corrected chi connectivity index (χ0v) is 17.1. The van der Waals surface area contributed by atoms with E-state index >= 15 is 0 Å². The van der Waals surface area contributed by atoms with E-state index in [1.807, 2.05) is 6.92 Å². The van der Waals surface area contributed by atoms with Crippen molar-refractivity contribution in [3.63, 3.8) is 0 Å². The van der Waals surface area contributed by atoms with Gasteiger partial charge in [0.15, 0.2) is 0 Å². The number of hydrogen-bond acceptors (Lipinski definition) is 5. The third-order valence-corrected chi connectivity index (χ3v) is 5.63. The zero-order valence-electron chi connectivity index (χ0n) is 16.4. The van der Waals surface area contributed by atoms with Crippen LogP contribution in [-0.2, 0) is 12.6 Å². The quantitative estimate of drug-likeness (QED) is 0.359. The van der Waals surface area contributed by atoms with E-state index in [-0.39, 0.29) is 33.8 Å². The third-order valence-electron chi connectivity index (χ3n) is 5.36. The van der Waals surface area contributed by atoms with Gasteiger partial charge in [-0.15, -0.1) is 0 Å². The zero-order chi connectivity index (χ0) is 22.8. The first kappa shape index (κ1) is 20.4. The number of furan rings is 2. The number of benzene rings is 2. The third kappa shape index (κ3) is 3.02. The van der Waals surface area contributed by atoms with Gasteiger partial charge in [0.05, 0.1) is 22.3 Å². The Labute approximate surface area is 184 Å². The molecule has 0 saturated carbocycles. The Kier molecular flexibility index (Phi) is 4.46. The molecule has 3 aromatic heterocycles. The van der Waals surface area contributed by atoms with Crippen molar-refractivity contribution in [3.05, 3.63) is 75.4 Å². The lowest BCUT2D eigenvalue weighted by Gasteiger charge is -2.13. The number of rotatable bonds is 4. The fourth-order valence-corrected chi connectivity index (χ4v) is 4.05. The summed E-state index contributed by atoms with van der Waals surface area (Å²) in [5.74, 6) is -0.571. The summed E-state index contributed by atoms with van der Waals surface area (Å²) in [6.45, 7) is 1.89. The molecule has 1 aliphatic rings. The van der Waals surface area contributed by atoms with Crippen LogP contribution < -0.4 is 4.74 Å². The van der Waals surface area contributed by atoms with Gasteiger partial charge in [0, 0.05) is 6.20 Å². The van der Waals surface area contributed by atoms with Crippen LogP contribution in [0.15, 0.2) is 47.0 Å². The number of nitrogens with zero attached hydrogens (tertiary/aromatic N) is 1. The summed E-state index contributed by atoms with van der Waals surface area (Å²) in [5, 5.41) is 10.5. The predicted octanol–water partition coefficient (Wildman–Crippen LogP) is 6.92. The van der Waals surface area contributed by atoms with E-state index in [1.54, 1.807) is 24.3 Å². The molecule has 0 aliphatic heterocycles. The van der Waals surface area contributed by atoms with Crippen molar-refractivity contribution in [1.29, 1.82) is 0 Å². The summed E-state index contributed by atoms with van der Waals surface area (Å²) < 4.78 is 49.6. The number of aryl methyl sites for hydroxylation is 1. The van der Waals surface area contributed by atoms with E-state index in [2.05, 4.69) is 4.98 Å². The lowest BCUT2D eigenvalue weighted by Crippen LogP contribution is -2.06. The molecule has 0 saturated heterocycles. The summed E-state index contributed by atoms with van der Waals surface area (Å²) in [6.07, 6.45) is -3.39. The number of fused-ring (bicyclic) bond motifs is 5. The van der Waals surface area contributed by atoms with Gasteiger partial charge in [-0.1, -0.05) is 24.6 Å². The standard InChI is InChI=1S/C23H13ClF3NO4/c1-2-10-3-4-12(31-22-14(24)7-11(9-28-22)23(25,26)27)8-13(10)17-20(29)18-15-5-6-16(32-15)19(18)21(17)30/h3-9,29H,2H2,1H3. The van der Waals surface area contributed by atoms with Gasteiger partial charge in [0.2, 0.25) is 11.7 Å². The van der Waals surface area contributed by atoms with Crippen molar-refractivity contribution in [1.82, 2.24) is 4.98 Å². The highest BCUT2D eigenvalue weighted by Crippen LogP contribution is 2.45. The molecule has 1 aliphatic carbocycles. The lowest BCUT2D eigenvalue weighted by atomic mass is 9.95. The number of aromatic nitrogens is 1. The van der Waals surface area contributed by atoms with Crippen molar-refractivity contribution in [2.24, 2.45) is 0 Å². The fraction of sp³-hybridized carbons (Fsp3) is 0.130. The number of pyridine rings is 1. The van der Waals surface area contributed by atoms with Crippen molar-refractivity contribution in [3.8, 4) is 11.6 Å². The molecule has 4 aromatic rings. The minimum absolute atomic E-state index is 0.116. The number of alkyl halides is 3. The van der Waals surface area contributed by atoms with E-state index in [1.165, 1.54) is 6.07 Å². The number of ketones is 1. The van der Waals surface area contributed by atoms with Gasteiger partial charge in [0.1, 0.15) is 27.7 Å². The molecular formula is C23H13ClF3NO4. The molecule has 0 radical (unpaired) electrons. The normalized spacial score (nSPS) is 14.0. The maximum atomic E-state index is 13.1. The van der Waals surface area contributed by atoms with Crippen molar-refractivity contribution < 1.29 is 32.2 Å². The number of hydrogen-bond donors (Lipinski definition) is 1. The van der Waals surface area contributed by atoms with Crippen LogP contribution in [0.3, 0.4) is 0 Å². The summed E-state index contributed by atoms with van der Waals surface area (Å²) in [6, 6.07) is 8.91. The van der Waals surface area contributed by atoms with Crippen LogP contribution in [-0.4, -0.2) is 15.9 Å². The second kappa shape index (κ2) is 7.00. The maximum absolute atomic E-state index is 13.1. The SMILES string of the molecule is CCc1ccc(Oc2ncc(C(F)(F)F)cc2Cl)cc1C1=C(O)c2c(c3ccc2o3)C1=O. The molecule has 2 bridgehead atoms. The number of carbonyl (C=O) groups excluding carboxylic acids is 1. The first-order chi connectivity index (χ1) is 15.2. The largest absolute Gasteiger partial charge is 0.506 e. The first-order valence-corrected chi connectivity index (χ1v) is 9.94. The summed E-state index contributed by atoms with van der Waals surface area (Å²) in [5.41, 5.74) is 1.84. The van der Waals surface area contributed by atoms with Gasteiger partial charge in [-0.25, -0.2) is 4.98 Å². The molecule has 5 nitrogen and oxygen atoms in total. The number of carbonyl (C=O) groups is 1. The lowest BCUT2D eigenvalue weighted by molar-refractivity contribution is -0.137. The van der Waals surface area contributed by atoms with E-state index in [0.717, 1.165) is 11.6 Å². The summed E-state index contributed by atoms with van der Waals surface area (Å²) in [4.78, 5) is 16.8. The molecule has 3 heterocycles. The van der Waals surface area contributed by atoms with Crippen molar-refractivity contribution >= 4 is 39.9 Å². The van der Waals surface area contributed by atoms with E-state index < -0.39 is 11.7 Å². The Balaban J connectivity index is 1.55. The molecule has 1 N–H and O–H groups in total. The molecule has 0 fully saturated rings. The molecule has 1 aromatic carbocycles. The van der Waals surface area contributed by atoms with Crippen LogP contribution >= 0.6 is 11.6 Å². The molecule has 0 atom stereocenters. The predicted molar refractivity (Wildman–Crippen MR) is 111 cm³/mol. The van der Waals surface area contributed by atoms with Crippen LogP contribution in [0.2, 0.25) is 5.02 Å². The van der Waals surface area contributed by atoms with Gasteiger partial charge in [0.25, 0.3) is 0 Å². The van der Waals surface area contributed by atoms with Gasteiger partial charge < -0.3 is 14.3 Å². The fourth-order valence-electron chi connectivity index (χ4n) is 3.85. The second-order valence-corrected chi connectivity index (χ2v) is 7.66. The Hall–Kier alpha value is -3.52. The second-order valence-electron chi connectivity index (χ2n) is 7.25. The first-order valence-electron chi connectivity index (χ1n) is 9.56. The molecule has 32 heavy (non-hydrogen) atoms. The molecule has 9 heteroatoms. The molecule has 162 valence electrons. The van der Waals surface area contributed by atoms with E-state index in [0.29, 0.717) is 40.5 Å². The number of aliphatic hydroxyl groups is 1. The van der Waals surface area contributed by atoms with Gasteiger partial charge in [-0.05, 0) is 47.9 Å². The average molecular weight is 460 g/mol. The number of halogens is 4. The summed E-state index contributed by atoms with van der Waals surface area (Å²) >= 11 is 5.94. The monoisotopic (exact) mass is 459 g/mol. The van der Waals surface area contributed by atoms with Crippen LogP contribution in [0.25, 0.3) is 22.5 Å². The highest BCUT2D eigenvalue weighted by atomic mass is 35.5. The van der Waals surface area contributed by atoms with Crippen molar-refractivity contribution in [2.45, 2.75) is 19.5 Å². The highest BCUT2D eigenvalue weighted by Gasteiger charge is 2.38. The van der Waals surface area contributed by atoms with Crippen LogP contribution in [0.1, 0.15) is 39.5 Å². The van der Waals surface area contributed by atoms with E-state index in [4.69, 9.17) is 20.8 Å². The molecule has 5 rings (SSSR count). The van der Waals surface area contributed by atoms with Gasteiger partial charge in [-0.2, -0.15) is 13.2 Å². The topological polar surface area (TPSA) is 72.6 Å². The van der Waals surface area contributed by atoms with Crippen LogP contribution in [0.4, 0.5) is 13.2 Å². The Bertz CT molecular complexity index is 1420. The Morgan fingerprint density at radius 2 is 1.84 bits per heavy atom. The number of Topliss-reactive ketones (excluding diaryl/α,β-unsaturated/α-hetero) is 1. The van der Waals surface area contributed by atoms with Gasteiger partial charge >= 0.3 is 6.18 Å². The molecular weight excluding hydrogens is 447 g/mol. The van der Waals surface area contributed by atoms with Gasteiger partial charge in [-0.3, -0.25) is 4.79 Å². The number of ether oxygens (including phenoxy) is 1. The molecule has 0 unspecified atom stereocenters. The smallest absolute Gasteiger partial charge is 0.417 e. The van der Waals surface area contributed by atoms with Crippen LogP contribution in [0, 0.1) is 0 Å². The maximum Gasteiger partial charge on any atom is 0.417 e. The molecule has 0 spiro atoms. The minimum atomic E-state index is -4.58. The Morgan fingerprint density at radius 3 is 2.47 bits per heavy atom. The van der Waals surface area contributed by atoms with E-state index in [9.17, 15) is 23.1 Å². The minimum Gasteiger partial charge on any atom is -0.506 e. The van der Waals surface area contributed by atoms with Crippen molar-refractivity contribution in [2.75, 3.05) is 0 Å².